The maximum atomic E-state index is 3.51. The topological polar surface area (TPSA) is 15.8 Å². The van der Waals surface area contributed by atoms with E-state index in [4.69, 9.17) is 0 Å². The standard InChI is InChI=1S/C19H15N/c1-3-10-18-14(6-1)8-5-9-15(18)12-17-13-16-7-2-4-11-19(16)20-17/h1-11,13,20H,12H2. The van der Waals surface area contributed by atoms with Crippen LogP contribution in [-0.4, -0.2) is 4.98 Å². The van der Waals surface area contributed by atoms with Gasteiger partial charge in [-0.1, -0.05) is 60.7 Å². The molecule has 0 amide bonds. The monoisotopic (exact) mass is 257 g/mol. The predicted octanol–water partition coefficient (Wildman–Crippen LogP) is 4.91. The van der Waals surface area contributed by atoms with Crippen molar-refractivity contribution in [1.29, 1.82) is 0 Å². The van der Waals surface area contributed by atoms with Gasteiger partial charge < -0.3 is 4.98 Å². The largest absolute Gasteiger partial charge is 0.358 e. The normalized spacial score (nSPS) is 11.2. The third kappa shape index (κ3) is 1.88. The second kappa shape index (κ2) is 4.53. The highest BCUT2D eigenvalue weighted by molar-refractivity contribution is 5.86. The van der Waals surface area contributed by atoms with E-state index >= 15 is 0 Å². The summed E-state index contributed by atoms with van der Waals surface area (Å²) in [5.74, 6) is 0. The van der Waals surface area contributed by atoms with E-state index in [9.17, 15) is 0 Å². The number of benzene rings is 3. The summed E-state index contributed by atoms with van der Waals surface area (Å²) in [6, 6.07) is 25.8. The summed E-state index contributed by atoms with van der Waals surface area (Å²) in [7, 11) is 0. The molecule has 4 aromatic rings. The second-order valence-electron chi connectivity index (χ2n) is 5.20. The lowest BCUT2D eigenvalue weighted by molar-refractivity contribution is 1.13. The molecule has 0 fully saturated rings. The predicted molar refractivity (Wildman–Crippen MR) is 85.1 cm³/mol. The molecule has 1 heterocycles. The van der Waals surface area contributed by atoms with Crippen LogP contribution in [0.2, 0.25) is 0 Å². The Morgan fingerprint density at radius 1 is 0.700 bits per heavy atom. The fourth-order valence-electron chi connectivity index (χ4n) is 2.88. The molecule has 0 atom stereocenters. The van der Waals surface area contributed by atoms with E-state index in [-0.39, 0.29) is 0 Å². The molecule has 0 aliphatic carbocycles. The van der Waals surface area contributed by atoms with Gasteiger partial charge in [0.25, 0.3) is 0 Å². The van der Waals surface area contributed by atoms with Crippen molar-refractivity contribution in [3.63, 3.8) is 0 Å². The zero-order chi connectivity index (χ0) is 13.4. The van der Waals surface area contributed by atoms with Crippen LogP contribution >= 0.6 is 0 Å². The molecule has 0 radical (unpaired) electrons. The third-order valence-electron chi connectivity index (χ3n) is 3.85. The first-order chi connectivity index (χ1) is 9.90. The minimum absolute atomic E-state index is 0.941. The van der Waals surface area contributed by atoms with Gasteiger partial charge in [-0.05, 0) is 33.9 Å². The molecule has 20 heavy (non-hydrogen) atoms. The first-order valence-corrected chi connectivity index (χ1v) is 6.93. The highest BCUT2D eigenvalue weighted by Gasteiger charge is 2.04. The van der Waals surface area contributed by atoms with Gasteiger partial charge in [0.2, 0.25) is 0 Å². The Balaban J connectivity index is 1.80. The Hall–Kier alpha value is -2.54. The molecule has 0 aliphatic rings. The fraction of sp³-hybridized carbons (Fsp3) is 0.0526. The van der Waals surface area contributed by atoms with Crippen molar-refractivity contribution in [2.24, 2.45) is 0 Å². The van der Waals surface area contributed by atoms with Gasteiger partial charge in [0.1, 0.15) is 0 Å². The van der Waals surface area contributed by atoms with E-state index < -0.39 is 0 Å². The first-order valence-electron chi connectivity index (χ1n) is 6.93. The van der Waals surface area contributed by atoms with Gasteiger partial charge in [-0.15, -0.1) is 0 Å². The molecule has 1 heteroatoms. The van der Waals surface area contributed by atoms with Crippen molar-refractivity contribution in [2.45, 2.75) is 6.42 Å². The minimum Gasteiger partial charge on any atom is -0.358 e. The minimum atomic E-state index is 0.941. The van der Waals surface area contributed by atoms with Crippen molar-refractivity contribution >= 4 is 21.7 Å². The Morgan fingerprint density at radius 2 is 1.45 bits per heavy atom. The molecule has 1 nitrogen and oxygen atoms in total. The third-order valence-corrected chi connectivity index (χ3v) is 3.85. The van der Waals surface area contributed by atoms with E-state index in [0.29, 0.717) is 0 Å². The molecule has 0 unspecified atom stereocenters. The Labute approximate surface area is 117 Å². The van der Waals surface area contributed by atoms with Crippen LogP contribution in [0.25, 0.3) is 21.7 Å². The smallest absolute Gasteiger partial charge is 0.0456 e. The molecule has 4 rings (SSSR count). The summed E-state index contributed by atoms with van der Waals surface area (Å²) in [4.78, 5) is 3.51. The number of nitrogens with one attached hydrogen (secondary N) is 1. The Kier molecular flexibility index (Phi) is 2.56. The number of rotatable bonds is 2. The van der Waals surface area contributed by atoms with Crippen molar-refractivity contribution < 1.29 is 0 Å². The Morgan fingerprint density at radius 3 is 2.35 bits per heavy atom. The van der Waals surface area contributed by atoms with Crippen molar-refractivity contribution in [3.8, 4) is 0 Å². The zero-order valence-electron chi connectivity index (χ0n) is 11.1. The second-order valence-corrected chi connectivity index (χ2v) is 5.20. The highest BCUT2D eigenvalue weighted by atomic mass is 14.7. The lowest BCUT2D eigenvalue weighted by Gasteiger charge is -2.05. The number of hydrogen-bond donors (Lipinski definition) is 1. The highest BCUT2D eigenvalue weighted by Crippen LogP contribution is 2.23. The van der Waals surface area contributed by atoms with Crippen LogP contribution in [0.15, 0.2) is 72.8 Å². The number of fused-ring (bicyclic) bond motifs is 2. The van der Waals surface area contributed by atoms with Crippen LogP contribution in [-0.2, 0) is 6.42 Å². The average Bonchev–Trinajstić information content (AvgIpc) is 2.90. The fourth-order valence-corrected chi connectivity index (χ4v) is 2.88. The maximum absolute atomic E-state index is 3.51. The summed E-state index contributed by atoms with van der Waals surface area (Å²) in [5.41, 5.74) is 3.85. The number of aromatic nitrogens is 1. The molecule has 96 valence electrons. The van der Waals surface area contributed by atoms with Gasteiger partial charge >= 0.3 is 0 Å². The van der Waals surface area contributed by atoms with E-state index in [1.807, 2.05) is 0 Å². The van der Waals surface area contributed by atoms with Gasteiger partial charge in [0.05, 0.1) is 0 Å². The average molecular weight is 257 g/mol. The van der Waals surface area contributed by atoms with Crippen LogP contribution in [0, 0.1) is 0 Å². The van der Waals surface area contributed by atoms with E-state index in [1.54, 1.807) is 0 Å². The van der Waals surface area contributed by atoms with Gasteiger partial charge in [-0.25, -0.2) is 0 Å². The molecule has 0 aliphatic heterocycles. The summed E-state index contributed by atoms with van der Waals surface area (Å²) < 4.78 is 0. The van der Waals surface area contributed by atoms with Crippen LogP contribution < -0.4 is 0 Å². The maximum Gasteiger partial charge on any atom is 0.0456 e. The number of aromatic amines is 1. The van der Waals surface area contributed by atoms with E-state index in [1.165, 1.54) is 32.9 Å². The summed E-state index contributed by atoms with van der Waals surface area (Å²) in [5, 5.41) is 3.93. The molecular weight excluding hydrogens is 242 g/mol. The zero-order valence-corrected chi connectivity index (χ0v) is 11.1. The quantitative estimate of drug-likeness (QED) is 0.525. The first kappa shape index (κ1) is 11.3. The number of para-hydroxylation sites is 1. The van der Waals surface area contributed by atoms with Gasteiger partial charge in [0, 0.05) is 17.6 Å². The van der Waals surface area contributed by atoms with Crippen LogP contribution in [0.1, 0.15) is 11.3 Å². The summed E-state index contributed by atoms with van der Waals surface area (Å²) in [6.07, 6.45) is 0.941. The van der Waals surface area contributed by atoms with Gasteiger partial charge in [0.15, 0.2) is 0 Å². The molecular formula is C19H15N. The summed E-state index contributed by atoms with van der Waals surface area (Å²) in [6.45, 7) is 0. The number of H-pyrrole nitrogens is 1. The lowest BCUT2D eigenvalue weighted by Crippen LogP contribution is -1.89. The Bertz CT molecular complexity index is 848. The van der Waals surface area contributed by atoms with E-state index in [2.05, 4.69) is 77.8 Å². The molecule has 0 saturated heterocycles. The van der Waals surface area contributed by atoms with Crippen molar-refractivity contribution in [1.82, 2.24) is 4.98 Å². The summed E-state index contributed by atoms with van der Waals surface area (Å²) >= 11 is 0. The van der Waals surface area contributed by atoms with Gasteiger partial charge in [-0.3, -0.25) is 0 Å². The lowest BCUT2D eigenvalue weighted by atomic mass is 10.0. The molecule has 0 bridgehead atoms. The molecule has 1 aromatic heterocycles. The van der Waals surface area contributed by atoms with Crippen LogP contribution in [0.5, 0.6) is 0 Å². The van der Waals surface area contributed by atoms with Crippen molar-refractivity contribution in [3.05, 3.63) is 84.1 Å². The number of hydrogen-bond acceptors (Lipinski definition) is 0. The van der Waals surface area contributed by atoms with E-state index in [0.717, 1.165) is 6.42 Å². The SMILES string of the molecule is c1ccc2[nH]c(Cc3cccc4ccccc34)cc2c1. The van der Waals surface area contributed by atoms with Gasteiger partial charge in [-0.2, -0.15) is 0 Å². The molecule has 0 spiro atoms. The van der Waals surface area contributed by atoms with Crippen LogP contribution in [0.4, 0.5) is 0 Å². The van der Waals surface area contributed by atoms with Crippen LogP contribution in [0.3, 0.4) is 0 Å². The molecule has 3 aromatic carbocycles. The molecule has 0 saturated carbocycles. The van der Waals surface area contributed by atoms with Crippen molar-refractivity contribution in [2.75, 3.05) is 0 Å². The molecule has 1 N–H and O–H groups in total.